The van der Waals surface area contributed by atoms with Crippen LogP contribution in [0.5, 0.6) is 11.5 Å². The minimum atomic E-state index is -0.610. The summed E-state index contributed by atoms with van der Waals surface area (Å²) in [6.07, 6.45) is 0.965. The lowest BCUT2D eigenvalue weighted by molar-refractivity contribution is -0.146. The maximum atomic E-state index is 13.7. The SMILES string of the molecule is CCOC(=O)C1C(C)=NC2=C(C(=O)C[C@@H](c3ccc(OC)c(OC)c3)C2)[C@H]1c1ccccc1C. The highest BCUT2D eigenvalue weighted by Crippen LogP contribution is 2.48. The third-order valence-electron chi connectivity index (χ3n) is 6.83. The Hall–Kier alpha value is -3.41. The zero-order valence-electron chi connectivity index (χ0n) is 20.4. The Balaban J connectivity index is 1.79. The van der Waals surface area contributed by atoms with Gasteiger partial charge in [-0.15, -0.1) is 0 Å². The molecule has 6 heteroatoms. The molecule has 0 fully saturated rings. The molecule has 3 atom stereocenters. The first-order valence-corrected chi connectivity index (χ1v) is 11.6. The molecule has 6 nitrogen and oxygen atoms in total. The number of ketones is 1. The largest absolute Gasteiger partial charge is 0.493 e. The van der Waals surface area contributed by atoms with Gasteiger partial charge < -0.3 is 14.2 Å². The number of aliphatic imine (C=N–C) groups is 1. The summed E-state index contributed by atoms with van der Waals surface area (Å²) in [5.41, 5.74) is 5.12. The topological polar surface area (TPSA) is 74.2 Å². The van der Waals surface area contributed by atoms with Gasteiger partial charge in [0.05, 0.1) is 20.8 Å². The van der Waals surface area contributed by atoms with E-state index in [2.05, 4.69) is 0 Å². The summed E-state index contributed by atoms with van der Waals surface area (Å²) >= 11 is 0. The van der Waals surface area contributed by atoms with Crippen molar-refractivity contribution in [1.82, 2.24) is 0 Å². The highest BCUT2D eigenvalue weighted by Gasteiger charge is 2.45. The van der Waals surface area contributed by atoms with Crippen molar-refractivity contribution in [3.05, 3.63) is 70.4 Å². The Bertz CT molecular complexity index is 1180. The Morgan fingerprint density at radius 1 is 1.03 bits per heavy atom. The van der Waals surface area contributed by atoms with Crippen LogP contribution in [0.15, 0.2) is 58.7 Å². The fraction of sp³-hybridized carbons (Fsp3) is 0.393. The van der Waals surface area contributed by atoms with E-state index in [0.717, 1.165) is 22.4 Å². The maximum absolute atomic E-state index is 13.7. The van der Waals surface area contributed by atoms with E-state index < -0.39 is 11.8 Å². The van der Waals surface area contributed by atoms with Gasteiger partial charge in [0.2, 0.25) is 0 Å². The summed E-state index contributed by atoms with van der Waals surface area (Å²) in [4.78, 5) is 31.5. The number of carbonyl (C=O) groups excluding carboxylic acids is 2. The number of hydrogen-bond acceptors (Lipinski definition) is 6. The molecule has 0 radical (unpaired) electrons. The minimum Gasteiger partial charge on any atom is -0.493 e. The maximum Gasteiger partial charge on any atom is 0.315 e. The van der Waals surface area contributed by atoms with E-state index >= 15 is 0 Å². The summed E-state index contributed by atoms with van der Waals surface area (Å²) in [6, 6.07) is 13.7. The van der Waals surface area contributed by atoms with Gasteiger partial charge in [-0.3, -0.25) is 14.6 Å². The van der Waals surface area contributed by atoms with E-state index in [1.807, 2.05) is 56.3 Å². The third kappa shape index (κ3) is 4.25. The number of nitrogens with zero attached hydrogens (tertiary/aromatic N) is 1. The Labute approximate surface area is 200 Å². The zero-order chi connectivity index (χ0) is 24.4. The van der Waals surface area contributed by atoms with Crippen LogP contribution < -0.4 is 9.47 Å². The first kappa shape index (κ1) is 23.7. The lowest BCUT2D eigenvalue weighted by Gasteiger charge is -2.37. The van der Waals surface area contributed by atoms with E-state index in [0.29, 0.717) is 35.6 Å². The molecule has 0 aromatic heterocycles. The Morgan fingerprint density at radius 3 is 2.44 bits per heavy atom. The van der Waals surface area contributed by atoms with Crippen molar-refractivity contribution in [2.75, 3.05) is 20.8 Å². The number of esters is 1. The second kappa shape index (κ2) is 9.84. The van der Waals surface area contributed by atoms with Crippen LogP contribution in [0.4, 0.5) is 0 Å². The number of carbonyl (C=O) groups is 2. The second-order valence-electron chi connectivity index (χ2n) is 8.82. The van der Waals surface area contributed by atoms with Gasteiger partial charge in [0, 0.05) is 29.3 Å². The first-order valence-electron chi connectivity index (χ1n) is 11.6. The van der Waals surface area contributed by atoms with Crippen molar-refractivity contribution < 1.29 is 23.8 Å². The van der Waals surface area contributed by atoms with Crippen LogP contribution >= 0.6 is 0 Å². The average molecular weight is 462 g/mol. The van der Waals surface area contributed by atoms with Gasteiger partial charge in [-0.1, -0.05) is 30.3 Å². The van der Waals surface area contributed by atoms with E-state index in [4.69, 9.17) is 19.2 Å². The van der Waals surface area contributed by atoms with Crippen LogP contribution in [0, 0.1) is 12.8 Å². The van der Waals surface area contributed by atoms with Crippen LogP contribution in [-0.4, -0.2) is 38.3 Å². The van der Waals surface area contributed by atoms with Crippen molar-refractivity contribution in [3.63, 3.8) is 0 Å². The van der Waals surface area contributed by atoms with Gasteiger partial charge in [-0.05, 0) is 61.9 Å². The molecule has 4 rings (SSSR count). The van der Waals surface area contributed by atoms with Gasteiger partial charge in [0.1, 0.15) is 5.92 Å². The van der Waals surface area contributed by atoms with Crippen LogP contribution in [0.2, 0.25) is 0 Å². The molecule has 0 N–H and O–H groups in total. The standard InChI is InChI=1S/C28H31NO5/c1-6-34-28(31)25-17(3)29-21-13-19(18-11-12-23(32-4)24(15-18)33-5)14-22(30)27(21)26(25)20-10-8-7-9-16(20)2/h7-12,15,19,25-26H,6,13-14H2,1-5H3/t19-,25?,26-/m0/s1. The molecule has 2 aliphatic rings. The fourth-order valence-corrected chi connectivity index (χ4v) is 5.21. The molecule has 1 unspecified atom stereocenters. The van der Waals surface area contributed by atoms with Crippen LogP contribution in [0.3, 0.4) is 0 Å². The summed E-state index contributed by atoms with van der Waals surface area (Å²) in [6.45, 7) is 5.95. The second-order valence-corrected chi connectivity index (χ2v) is 8.82. The van der Waals surface area contributed by atoms with Crippen molar-refractivity contribution in [2.24, 2.45) is 10.9 Å². The molecule has 0 saturated heterocycles. The molecule has 1 heterocycles. The molecule has 0 spiro atoms. The predicted octanol–water partition coefficient (Wildman–Crippen LogP) is 5.15. The molecule has 0 bridgehead atoms. The molecule has 0 amide bonds. The lowest BCUT2D eigenvalue weighted by Crippen LogP contribution is -2.38. The number of ether oxygens (including phenoxy) is 3. The van der Waals surface area contributed by atoms with E-state index in [9.17, 15) is 9.59 Å². The number of aryl methyl sites for hydroxylation is 1. The van der Waals surface area contributed by atoms with Crippen molar-refractivity contribution in [3.8, 4) is 11.5 Å². The van der Waals surface area contributed by atoms with E-state index in [1.165, 1.54) is 0 Å². The molecule has 2 aromatic carbocycles. The summed E-state index contributed by atoms with van der Waals surface area (Å²) in [7, 11) is 3.20. The highest BCUT2D eigenvalue weighted by molar-refractivity contribution is 6.09. The summed E-state index contributed by atoms with van der Waals surface area (Å²) < 4.78 is 16.2. The number of hydrogen-bond donors (Lipinski definition) is 0. The monoisotopic (exact) mass is 461 g/mol. The number of allylic oxidation sites excluding steroid dienone is 2. The minimum absolute atomic E-state index is 0.0276. The first-order chi connectivity index (χ1) is 16.4. The van der Waals surface area contributed by atoms with E-state index in [1.54, 1.807) is 21.1 Å². The summed E-state index contributed by atoms with van der Waals surface area (Å²) in [5.74, 6) is -0.0575. The van der Waals surface area contributed by atoms with E-state index in [-0.39, 0.29) is 24.3 Å². The third-order valence-corrected chi connectivity index (χ3v) is 6.83. The van der Waals surface area contributed by atoms with Crippen molar-refractivity contribution in [1.29, 1.82) is 0 Å². The molecular weight excluding hydrogens is 430 g/mol. The van der Waals surface area contributed by atoms with Crippen LogP contribution in [-0.2, 0) is 14.3 Å². The number of benzene rings is 2. The average Bonchev–Trinajstić information content (AvgIpc) is 2.83. The van der Waals surface area contributed by atoms with Gasteiger partial charge in [-0.25, -0.2) is 0 Å². The van der Waals surface area contributed by atoms with Crippen LogP contribution in [0.1, 0.15) is 55.2 Å². The number of rotatable bonds is 6. The molecule has 2 aromatic rings. The molecular formula is C28H31NO5. The smallest absolute Gasteiger partial charge is 0.315 e. The molecule has 34 heavy (non-hydrogen) atoms. The van der Waals surface area contributed by atoms with Gasteiger partial charge in [0.25, 0.3) is 0 Å². The molecule has 178 valence electrons. The van der Waals surface area contributed by atoms with Crippen LogP contribution in [0.25, 0.3) is 0 Å². The Morgan fingerprint density at radius 2 is 1.76 bits per heavy atom. The van der Waals surface area contributed by atoms with Gasteiger partial charge in [0.15, 0.2) is 17.3 Å². The fourth-order valence-electron chi connectivity index (χ4n) is 5.21. The number of methoxy groups -OCH3 is 2. The quantitative estimate of drug-likeness (QED) is 0.556. The lowest BCUT2D eigenvalue weighted by atomic mass is 9.68. The highest BCUT2D eigenvalue weighted by atomic mass is 16.5. The molecule has 1 aliphatic carbocycles. The van der Waals surface area contributed by atoms with Gasteiger partial charge in [-0.2, -0.15) is 0 Å². The van der Waals surface area contributed by atoms with Crippen molar-refractivity contribution in [2.45, 2.75) is 45.4 Å². The Kier molecular flexibility index (Phi) is 6.87. The normalized spacial score (nSPS) is 22.1. The summed E-state index contributed by atoms with van der Waals surface area (Å²) in [5, 5.41) is 0. The zero-order valence-corrected chi connectivity index (χ0v) is 20.4. The van der Waals surface area contributed by atoms with Crippen molar-refractivity contribution >= 4 is 17.5 Å². The molecule has 1 aliphatic heterocycles. The predicted molar refractivity (Wildman–Crippen MR) is 131 cm³/mol. The van der Waals surface area contributed by atoms with Gasteiger partial charge >= 0.3 is 5.97 Å². The molecule has 0 saturated carbocycles. The number of Topliss-reactive ketones (excluding diaryl/α,β-unsaturated/α-hetero) is 1.